The van der Waals surface area contributed by atoms with Gasteiger partial charge in [-0.2, -0.15) is 0 Å². The highest BCUT2D eigenvalue weighted by molar-refractivity contribution is 6.10. The first-order valence-corrected chi connectivity index (χ1v) is 20.6. The maximum atomic E-state index is 5.15. The molecule has 0 radical (unpaired) electrons. The van der Waals surface area contributed by atoms with E-state index in [4.69, 9.17) is 15.0 Å². The Morgan fingerprint density at radius 3 is 1.02 bits per heavy atom. The van der Waals surface area contributed by atoms with Gasteiger partial charge in [-0.1, -0.05) is 206 Å². The summed E-state index contributed by atoms with van der Waals surface area (Å²) in [5.74, 6) is 1.88. The maximum Gasteiger partial charge on any atom is 0.164 e. The molecule has 4 nitrogen and oxygen atoms in total. The van der Waals surface area contributed by atoms with Crippen LogP contribution < -0.4 is 0 Å². The molecule has 0 spiro atoms. The Bertz CT molecular complexity index is 3280. The van der Waals surface area contributed by atoms with E-state index in [1.165, 1.54) is 44.2 Å². The van der Waals surface area contributed by atoms with E-state index in [0.29, 0.717) is 17.5 Å². The summed E-state index contributed by atoms with van der Waals surface area (Å²) < 4.78 is 2.35. The predicted octanol–water partition coefficient (Wildman–Crippen LogP) is 14.6. The van der Waals surface area contributed by atoms with Crippen molar-refractivity contribution in [3.05, 3.63) is 231 Å². The molecule has 0 saturated heterocycles. The van der Waals surface area contributed by atoms with Gasteiger partial charge in [-0.3, -0.25) is 0 Å². The standard InChI is InChI=1S/C57H38N4/c1-4-12-39(13-5-1)41-20-24-43(25-21-41)45-28-30-48(31-29-45)56-58-55(47-16-8-3-9-17-47)59-57(60-56)49-34-37-52-51-18-10-11-19-53(51)61(54(52)38-49)50-35-32-46(33-36-50)44-26-22-42(23-27-44)40-14-6-2-7-15-40/h1-38H. The van der Waals surface area contributed by atoms with Crippen molar-refractivity contribution < 1.29 is 0 Å². The Kier molecular flexibility index (Phi) is 9.14. The van der Waals surface area contributed by atoms with Crippen LogP contribution in [-0.4, -0.2) is 19.5 Å². The maximum absolute atomic E-state index is 5.15. The van der Waals surface area contributed by atoms with Gasteiger partial charge in [0.25, 0.3) is 0 Å². The summed E-state index contributed by atoms with van der Waals surface area (Å²) in [6.45, 7) is 0. The van der Waals surface area contributed by atoms with Crippen LogP contribution in [0.4, 0.5) is 0 Å². The largest absolute Gasteiger partial charge is 0.309 e. The molecule has 4 heteroatoms. The second-order valence-electron chi connectivity index (χ2n) is 15.3. The van der Waals surface area contributed by atoms with E-state index in [0.717, 1.165) is 44.5 Å². The molecule has 0 atom stereocenters. The van der Waals surface area contributed by atoms with E-state index in [2.05, 4.69) is 199 Å². The summed E-state index contributed by atoms with van der Waals surface area (Å²) in [5, 5.41) is 2.37. The minimum absolute atomic E-state index is 0.623. The van der Waals surface area contributed by atoms with Gasteiger partial charge in [-0.15, -0.1) is 0 Å². The quantitative estimate of drug-likeness (QED) is 0.154. The Labute approximate surface area is 354 Å². The average Bonchev–Trinajstić information content (AvgIpc) is 3.68. The number of fused-ring (bicyclic) bond motifs is 3. The minimum Gasteiger partial charge on any atom is -0.309 e. The molecule has 61 heavy (non-hydrogen) atoms. The summed E-state index contributed by atoms with van der Waals surface area (Å²) in [6, 6.07) is 81.2. The number of hydrogen-bond acceptors (Lipinski definition) is 3. The highest BCUT2D eigenvalue weighted by Crippen LogP contribution is 2.36. The molecule has 0 amide bonds. The summed E-state index contributed by atoms with van der Waals surface area (Å²) >= 11 is 0. The third kappa shape index (κ3) is 6.96. The molecule has 0 aliphatic heterocycles. The lowest BCUT2D eigenvalue weighted by atomic mass is 9.99. The third-order valence-corrected chi connectivity index (χ3v) is 11.5. The summed E-state index contributed by atoms with van der Waals surface area (Å²) in [6.07, 6.45) is 0. The van der Waals surface area contributed by atoms with Gasteiger partial charge in [-0.05, 0) is 68.8 Å². The van der Waals surface area contributed by atoms with Crippen molar-refractivity contribution in [3.63, 3.8) is 0 Å². The lowest BCUT2D eigenvalue weighted by molar-refractivity contribution is 1.07. The topological polar surface area (TPSA) is 43.6 Å². The Hall–Kier alpha value is -8.21. The van der Waals surface area contributed by atoms with E-state index in [1.54, 1.807) is 0 Å². The second-order valence-corrected chi connectivity index (χ2v) is 15.3. The van der Waals surface area contributed by atoms with Crippen LogP contribution in [0.25, 0.3) is 106 Å². The zero-order chi connectivity index (χ0) is 40.5. The molecule has 9 aromatic carbocycles. The van der Waals surface area contributed by atoms with Crippen molar-refractivity contribution >= 4 is 21.8 Å². The van der Waals surface area contributed by atoms with Crippen LogP contribution in [0.3, 0.4) is 0 Å². The van der Waals surface area contributed by atoms with Crippen LogP contribution in [0.15, 0.2) is 231 Å². The molecule has 2 heterocycles. The van der Waals surface area contributed by atoms with Crippen LogP contribution in [0, 0.1) is 0 Å². The number of hydrogen-bond donors (Lipinski definition) is 0. The van der Waals surface area contributed by atoms with Gasteiger partial charge in [0.1, 0.15) is 0 Å². The second kappa shape index (κ2) is 15.5. The number of nitrogens with zero attached hydrogens (tertiary/aromatic N) is 4. The number of rotatable bonds is 8. The first-order valence-electron chi connectivity index (χ1n) is 20.6. The molecule has 0 aliphatic carbocycles. The van der Waals surface area contributed by atoms with E-state index >= 15 is 0 Å². The van der Waals surface area contributed by atoms with Crippen LogP contribution >= 0.6 is 0 Å². The van der Waals surface area contributed by atoms with Crippen LogP contribution in [-0.2, 0) is 0 Å². The average molecular weight is 779 g/mol. The van der Waals surface area contributed by atoms with E-state index < -0.39 is 0 Å². The Balaban J connectivity index is 0.962. The molecule has 11 aromatic rings. The van der Waals surface area contributed by atoms with Crippen molar-refractivity contribution in [2.75, 3.05) is 0 Å². The van der Waals surface area contributed by atoms with E-state index in [9.17, 15) is 0 Å². The third-order valence-electron chi connectivity index (χ3n) is 11.5. The van der Waals surface area contributed by atoms with Gasteiger partial charge in [0.2, 0.25) is 0 Å². The zero-order valence-electron chi connectivity index (χ0n) is 33.2. The van der Waals surface area contributed by atoms with Crippen LogP contribution in [0.5, 0.6) is 0 Å². The van der Waals surface area contributed by atoms with Crippen molar-refractivity contribution in [2.24, 2.45) is 0 Å². The highest BCUT2D eigenvalue weighted by atomic mass is 15.0. The predicted molar refractivity (Wildman–Crippen MR) is 252 cm³/mol. The fourth-order valence-corrected chi connectivity index (χ4v) is 8.32. The molecule has 2 aromatic heterocycles. The molecule has 0 saturated carbocycles. The van der Waals surface area contributed by atoms with Gasteiger partial charge in [-0.25, -0.2) is 15.0 Å². The summed E-state index contributed by atoms with van der Waals surface area (Å²) in [4.78, 5) is 15.3. The molecule has 0 unspecified atom stereocenters. The smallest absolute Gasteiger partial charge is 0.164 e. The van der Waals surface area contributed by atoms with Crippen molar-refractivity contribution in [1.82, 2.24) is 19.5 Å². The fraction of sp³-hybridized carbons (Fsp3) is 0. The van der Waals surface area contributed by atoms with E-state index in [-0.39, 0.29) is 0 Å². The van der Waals surface area contributed by atoms with Crippen molar-refractivity contribution in [1.29, 1.82) is 0 Å². The van der Waals surface area contributed by atoms with Crippen molar-refractivity contribution in [3.8, 4) is 84.4 Å². The van der Waals surface area contributed by atoms with Gasteiger partial charge in [0.05, 0.1) is 11.0 Å². The van der Waals surface area contributed by atoms with Gasteiger partial charge < -0.3 is 4.57 Å². The summed E-state index contributed by atoms with van der Waals surface area (Å²) in [7, 11) is 0. The number of aromatic nitrogens is 4. The molecule has 0 aliphatic rings. The Morgan fingerprint density at radius 2 is 0.541 bits per heavy atom. The highest BCUT2D eigenvalue weighted by Gasteiger charge is 2.17. The molecule has 0 N–H and O–H groups in total. The van der Waals surface area contributed by atoms with Crippen LogP contribution in [0.1, 0.15) is 0 Å². The first-order chi connectivity index (χ1) is 30.2. The SMILES string of the molecule is c1ccc(-c2ccc(-c3ccc(-c4nc(-c5ccccc5)nc(-c5ccc6c7ccccc7n(-c7ccc(-c8ccc(-c9ccccc9)cc8)cc7)c6c5)n4)cc3)cc2)cc1. The normalized spacial score (nSPS) is 11.3. The Morgan fingerprint density at radius 1 is 0.230 bits per heavy atom. The van der Waals surface area contributed by atoms with Gasteiger partial charge >= 0.3 is 0 Å². The summed E-state index contributed by atoms with van der Waals surface area (Å²) in [5.41, 5.74) is 15.6. The van der Waals surface area contributed by atoms with Gasteiger partial charge in [0, 0.05) is 33.2 Å². The fourth-order valence-electron chi connectivity index (χ4n) is 8.32. The number of benzene rings is 9. The lowest BCUT2D eigenvalue weighted by Crippen LogP contribution is -2.00. The van der Waals surface area contributed by atoms with Crippen LogP contribution in [0.2, 0.25) is 0 Å². The minimum atomic E-state index is 0.623. The monoisotopic (exact) mass is 778 g/mol. The van der Waals surface area contributed by atoms with Crippen molar-refractivity contribution in [2.45, 2.75) is 0 Å². The molecule has 0 fully saturated rings. The molecule has 0 bridgehead atoms. The van der Waals surface area contributed by atoms with E-state index in [1.807, 2.05) is 36.4 Å². The first kappa shape index (κ1) is 35.9. The molecule has 11 rings (SSSR count). The van der Waals surface area contributed by atoms with Gasteiger partial charge in [0.15, 0.2) is 17.5 Å². The number of para-hydroxylation sites is 1. The zero-order valence-corrected chi connectivity index (χ0v) is 33.2. The molecular weight excluding hydrogens is 741 g/mol. The lowest BCUT2D eigenvalue weighted by Gasteiger charge is -2.11. The molecule has 286 valence electrons. The molecular formula is C57H38N4.